The van der Waals surface area contributed by atoms with Crippen LogP contribution in [0.2, 0.25) is 0 Å². The maximum absolute atomic E-state index is 12.8. The van der Waals surface area contributed by atoms with E-state index >= 15 is 0 Å². The molecule has 1 amide bonds. The van der Waals surface area contributed by atoms with Gasteiger partial charge in [-0.1, -0.05) is 19.1 Å². The summed E-state index contributed by atoms with van der Waals surface area (Å²) in [7, 11) is 0. The standard InChI is InChI=1S/C16H23FN2O/c1-2-18-14-7-9-15(10-8-14)19-16(20)11-12-3-5-13(17)6-4-12/h3-6,14-15,18H,2,7-11H2,1H3,(H,19,20). The summed E-state index contributed by atoms with van der Waals surface area (Å²) in [5.41, 5.74) is 0.852. The first-order valence-electron chi connectivity index (χ1n) is 7.44. The van der Waals surface area contributed by atoms with E-state index in [1.807, 2.05) is 0 Å². The Morgan fingerprint density at radius 1 is 1.15 bits per heavy atom. The lowest BCUT2D eigenvalue weighted by atomic mass is 9.91. The Labute approximate surface area is 120 Å². The van der Waals surface area contributed by atoms with Crippen LogP contribution in [-0.2, 0) is 11.2 Å². The maximum Gasteiger partial charge on any atom is 0.224 e. The third kappa shape index (κ3) is 4.60. The van der Waals surface area contributed by atoms with Gasteiger partial charge in [0.2, 0.25) is 5.91 Å². The third-order valence-electron chi connectivity index (χ3n) is 3.86. The number of hydrogen-bond donors (Lipinski definition) is 2. The zero-order valence-electron chi connectivity index (χ0n) is 12.0. The predicted octanol–water partition coefficient (Wildman–Crippen LogP) is 2.41. The monoisotopic (exact) mass is 278 g/mol. The average molecular weight is 278 g/mol. The zero-order chi connectivity index (χ0) is 14.4. The van der Waals surface area contributed by atoms with Crippen molar-refractivity contribution in [3.05, 3.63) is 35.6 Å². The van der Waals surface area contributed by atoms with Crippen LogP contribution in [0, 0.1) is 5.82 Å². The molecule has 0 aliphatic heterocycles. The molecule has 0 atom stereocenters. The van der Waals surface area contributed by atoms with Gasteiger partial charge in [0.1, 0.15) is 5.82 Å². The van der Waals surface area contributed by atoms with Crippen LogP contribution in [0.3, 0.4) is 0 Å². The second-order valence-corrected chi connectivity index (χ2v) is 5.48. The molecule has 1 fully saturated rings. The molecule has 0 radical (unpaired) electrons. The minimum atomic E-state index is -0.268. The molecule has 0 heterocycles. The van der Waals surface area contributed by atoms with Gasteiger partial charge >= 0.3 is 0 Å². The Hall–Kier alpha value is -1.42. The van der Waals surface area contributed by atoms with Crippen molar-refractivity contribution >= 4 is 5.91 Å². The third-order valence-corrected chi connectivity index (χ3v) is 3.86. The number of amides is 1. The fourth-order valence-electron chi connectivity index (χ4n) is 2.80. The van der Waals surface area contributed by atoms with E-state index in [0.29, 0.717) is 12.5 Å². The molecule has 0 aromatic heterocycles. The molecule has 4 heteroatoms. The van der Waals surface area contributed by atoms with Gasteiger partial charge < -0.3 is 10.6 Å². The average Bonchev–Trinajstić information content (AvgIpc) is 2.44. The molecule has 0 bridgehead atoms. The number of hydrogen-bond acceptors (Lipinski definition) is 2. The van der Waals surface area contributed by atoms with Crippen molar-refractivity contribution in [2.45, 2.75) is 51.1 Å². The minimum absolute atomic E-state index is 0.0310. The van der Waals surface area contributed by atoms with Crippen LogP contribution < -0.4 is 10.6 Å². The van der Waals surface area contributed by atoms with Crippen molar-refractivity contribution in [1.82, 2.24) is 10.6 Å². The molecule has 1 aliphatic carbocycles. The molecule has 2 N–H and O–H groups in total. The van der Waals surface area contributed by atoms with E-state index < -0.39 is 0 Å². The van der Waals surface area contributed by atoms with Crippen LogP contribution in [-0.4, -0.2) is 24.5 Å². The van der Waals surface area contributed by atoms with E-state index in [1.165, 1.54) is 12.1 Å². The first-order chi connectivity index (χ1) is 9.67. The Kier molecular flexibility index (Phi) is 5.53. The first-order valence-corrected chi connectivity index (χ1v) is 7.44. The van der Waals surface area contributed by atoms with Gasteiger partial charge in [0.05, 0.1) is 6.42 Å². The Morgan fingerprint density at radius 2 is 1.75 bits per heavy atom. The van der Waals surface area contributed by atoms with Crippen molar-refractivity contribution in [2.24, 2.45) is 0 Å². The van der Waals surface area contributed by atoms with Crippen molar-refractivity contribution in [3.8, 4) is 0 Å². The number of nitrogens with one attached hydrogen (secondary N) is 2. The molecular formula is C16H23FN2O. The smallest absolute Gasteiger partial charge is 0.224 e. The zero-order valence-corrected chi connectivity index (χ0v) is 12.0. The summed E-state index contributed by atoms with van der Waals surface area (Å²) >= 11 is 0. The van der Waals surface area contributed by atoms with Gasteiger partial charge in [-0.05, 0) is 49.9 Å². The molecule has 0 spiro atoms. The fourth-order valence-corrected chi connectivity index (χ4v) is 2.80. The Morgan fingerprint density at radius 3 is 2.35 bits per heavy atom. The van der Waals surface area contributed by atoms with E-state index in [2.05, 4.69) is 17.6 Å². The van der Waals surface area contributed by atoms with Gasteiger partial charge in [0.25, 0.3) is 0 Å². The van der Waals surface area contributed by atoms with E-state index in [4.69, 9.17) is 0 Å². The summed E-state index contributed by atoms with van der Waals surface area (Å²) in [4.78, 5) is 12.0. The summed E-state index contributed by atoms with van der Waals surface area (Å²) < 4.78 is 12.8. The quantitative estimate of drug-likeness (QED) is 0.868. The van der Waals surface area contributed by atoms with Crippen molar-refractivity contribution in [3.63, 3.8) is 0 Å². The Bertz CT molecular complexity index is 425. The topological polar surface area (TPSA) is 41.1 Å². The van der Waals surface area contributed by atoms with Gasteiger partial charge in [-0.3, -0.25) is 4.79 Å². The molecule has 2 rings (SSSR count). The van der Waals surface area contributed by atoms with Crippen molar-refractivity contribution in [1.29, 1.82) is 0 Å². The highest BCUT2D eigenvalue weighted by Gasteiger charge is 2.21. The van der Waals surface area contributed by atoms with Crippen LogP contribution in [0.5, 0.6) is 0 Å². The SMILES string of the molecule is CCNC1CCC(NC(=O)Cc2ccc(F)cc2)CC1. The normalized spacial score (nSPS) is 22.5. The summed E-state index contributed by atoms with van der Waals surface area (Å²) in [5, 5.41) is 6.54. The molecule has 1 saturated carbocycles. The van der Waals surface area contributed by atoms with Gasteiger partial charge in [-0.2, -0.15) is 0 Å². The molecule has 1 aromatic carbocycles. The van der Waals surface area contributed by atoms with E-state index in [0.717, 1.165) is 37.8 Å². The van der Waals surface area contributed by atoms with Gasteiger partial charge in [0, 0.05) is 12.1 Å². The molecule has 1 aromatic rings. The molecular weight excluding hydrogens is 255 g/mol. The number of carbonyl (C=O) groups is 1. The van der Waals surface area contributed by atoms with E-state index in [1.54, 1.807) is 12.1 Å². The highest BCUT2D eigenvalue weighted by molar-refractivity contribution is 5.78. The molecule has 0 unspecified atom stereocenters. The minimum Gasteiger partial charge on any atom is -0.353 e. The number of rotatable bonds is 5. The maximum atomic E-state index is 12.8. The second-order valence-electron chi connectivity index (χ2n) is 5.48. The van der Waals surface area contributed by atoms with E-state index in [-0.39, 0.29) is 17.8 Å². The summed E-state index contributed by atoms with van der Waals surface area (Å²) in [6.45, 7) is 3.13. The van der Waals surface area contributed by atoms with Crippen LogP contribution in [0.1, 0.15) is 38.2 Å². The molecule has 0 saturated heterocycles. The van der Waals surface area contributed by atoms with Gasteiger partial charge in [-0.15, -0.1) is 0 Å². The summed E-state index contributed by atoms with van der Waals surface area (Å²) in [6.07, 6.45) is 4.64. The van der Waals surface area contributed by atoms with Crippen LogP contribution in [0.4, 0.5) is 4.39 Å². The number of halogens is 1. The number of carbonyl (C=O) groups excluding carboxylic acids is 1. The van der Waals surface area contributed by atoms with Crippen LogP contribution >= 0.6 is 0 Å². The molecule has 110 valence electrons. The van der Waals surface area contributed by atoms with E-state index in [9.17, 15) is 9.18 Å². The van der Waals surface area contributed by atoms with Crippen LogP contribution in [0.15, 0.2) is 24.3 Å². The lowest BCUT2D eigenvalue weighted by molar-refractivity contribution is -0.121. The molecule has 1 aliphatic rings. The highest BCUT2D eigenvalue weighted by atomic mass is 19.1. The summed E-state index contributed by atoms with van der Waals surface area (Å²) in [6, 6.07) is 7.01. The first kappa shape index (κ1) is 15.0. The fraction of sp³-hybridized carbons (Fsp3) is 0.562. The van der Waals surface area contributed by atoms with Gasteiger partial charge in [0.15, 0.2) is 0 Å². The molecule has 20 heavy (non-hydrogen) atoms. The predicted molar refractivity (Wildman–Crippen MR) is 78.0 cm³/mol. The lowest BCUT2D eigenvalue weighted by Gasteiger charge is -2.29. The second kappa shape index (κ2) is 7.39. The largest absolute Gasteiger partial charge is 0.353 e. The lowest BCUT2D eigenvalue weighted by Crippen LogP contribution is -2.42. The molecule has 3 nitrogen and oxygen atoms in total. The summed E-state index contributed by atoms with van der Waals surface area (Å²) in [5.74, 6) is -0.237. The van der Waals surface area contributed by atoms with Crippen molar-refractivity contribution < 1.29 is 9.18 Å². The van der Waals surface area contributed by atoms with Crippen molar-refractivity contribution in [2.75, 3.05) is 6.54 Å². The number of benzene rings is 1. The highest BCUT2D eigenvalue weighted by Crippen LogP contribution is 2.18. The van der Waals surface area contributed by atoms with Crippen LogP contribution in [0.25, 0.3) is 0 Å². The van der Waals surface area contributed by atoms with Gasteiger partial charge in [-0.25, -0.2) is 4.39 Å². The Balaban J connectivity index is 1.74.